The number of amides is 1. The van der Waals surface area contributed by atoms with E-state index in [1.54, 1.807) is 12.1 Å². The third kappa shape index (κ3) is 4.10. The maximum absolute atomic E-state index is 12.2. The van der Waals surface area contributed by atoms with Gasteiger partial charge in [0.25, 0.3) is 5.91 Å². The van der Waals surface area contributed by atoms with Crippen molar-refractivity contribution in [2.45, 2.75) is 5.92 Å². The van der Waals surface area contributed by atoms with Crippen molar-refractivity contribution in [3.63, 3.8) is 0 Å². The van der Waals surface area contributed by atoms with Crippen molar-refractivity contribution < 1.29 is 14.6 Å². The van der Waals surface area contributed by atoms with Crippen LogP contribution < -0.4 is 10.1 Å². The second-order valence-corrected chi connectivity index (χ2v) is 7.69. The van der Waals surface area contributed by atoms with Crippen molar-refractivity contribution in [1.82, 2.24) is 5.32 Å². The van der Waals surface area contributed by atoms with E-state index in [1.165, 1.54) is 0 Å². The monoisotopic (exact) mass is 427 g/mol. The van der Waals surface area contributed by atoms with Crippen LogP contribution in [0, 0.1) is 0 Å². The van der Waals surface area contributed by atoms with Crippen molar-refractivity contribution in [2.75, 3.05) is 19.8 Å². The van der Waals surface area contributed by atoms with Crippen LogP contribution in [0.4, 0.5) is 0 Å². The quantitative estimate of drug-likeness (QED) is 0.608. The maximum Gasteiger partial charge on any atom is 0.251 e. The van der Waals surface area contributed by atoms with Crippen LogP contribution in [0.15, 0.2) is 60.7 Å². The molecule has 6 heteroatoms. The first kappa shape index (κ1) is 19.8. The minimum absolute atomic E-state index is 0.0192. The molecule has 0 spiro atoms. The fourth-order valence-electron chi connectivity index (χ4n) is 3.55. The van der Waals surface area contributed by atoms with Crippen LogP contribution in [0.2, 0.25) is 10.0 Å². The highest BCUT2D eigenvalue weighted by molar-refractivity contribution is 6.35. The first-order chi connectivity index (χ1) is 14.1. The predicted octanol–water partition coefficient (Wildman–Crippen LogP) is 4.91. The summed E-state index contributed by atoms with van der Waals surface area (Å²) in [6.07, 6.45) is 0. The normalized spacial score (nSPS) is 14.9. The molecule has 0 radical (unpaired) electrons. The number of halogens is 2. The maximum atomic E-state index is 12.2. The smallest absolute Gasteiger partial charge is 0.251 e. The molecule has 1 amide bonds. The van der Waals surface area contributed by atoms with Gasteiger partial charge >= 0.3 is 0 Å². The summed E-state index contributed by atoms with van der Waals surface area (Å²) in [6, 6.07) is 18.9. The molecule has 3 aromatic carbocycles. The molecule has 1 heterocycles. The molecule has 4 nitrogen and oxygen atoms in total. The van der Waals surface area contributed by atoms with Gasteiger partial charge in [0.15, 0.2) is 0 Å². The van der Waals surface area contributed by atoms with Crippen LogP contribution in [0.3, 0.4) is 0 Å². The standard InChI is InChI=1S/C23H19Cl2NO3/c24-17-5-6-18(21(25)12-17)20-13-29-22-7-4-15(11-19(20)22)14-2-1-3-16(10-14)23(28)26-8-9-27/h1-7,10-12,20,27H,8-9,13H2,(H,26,28). The topological polar surface area (TPSA) is 58.6 Å². The molecular formula is C23H19Cl2NO3. The third-order valence-electron chi connectivity index (χ3n) is 4.98. The van der Waals surface area contributed by atoms with E-state index in [9.17, 15) is 4.79 Å². The average molecular weight is 428 g/mol. The number of aliphatic hydroxyl groups is 1. The summed E-state index contributed by atoms with van der Waals surface area (Å²) in [7, 11) is 0. The molecule has 3 aromatic rings. The Morgan fingerprint density at radius 2 is 1.86 bits per heavy atom. The zero-order valence-electron chi connectivity index (χ0n) is 15.5. The zero-order chi connectivity index (χ0) is 20.4. The number of ether oxygens (including phenoxy) is 1. The van der Waals surface area contributed by atoms with Gasteiger partial charge < -0.3 is 15.2 Å². The number of carbonyl (C=O) groups excluding carboxylic acids is 1. The van der Waals surface area contributed by atoms with Crippen LogP contribution in [0.25, 0.3) is 11.1 Å². The molecule has 0 saturated heterocycles. The van der Waals surface area contributed by atoms with Gasteiger partial charge in [-0.15, -0.1) is 0 Å². The second-order valence-electron chi connectivity index (χ2n) is 6.84. The van der Waals surface area contributed by atoms with Crippen molar-refractivity contribution in [2.24, 2.45) is 0 Å². The molecule has 148 valence electrons. The van der Waals surface area contributed by atoms with Gasteiger partial charge in [0.2, 0.25) is 0 Å². The lowest BCUT2D eigenvalue weighted by atomic mass is 9.90. The first-order valence-electron chi connectivity index (χ1n) is 9.28. The Labute approximate surface area is 179 Å². The molecule has 1 atom stereocenters. The summed E-state index contributed by atoms with van der Waals surface area (Å²) < 4.78 is 5.87. The molecule has 29 heavy (non-hydrogen) atoms. The number of aliphatic hydroxyl groups excluding tert-OH is 1. The summed E-state index contributed by atoms with van der Waals surface area (Å²) in [5, 5.41) is 12.8. The van der Waals surface area contributed by atoms with E-state index >= 15 is 0 Å². The van der Waals surface area contributed by atoms with Gasteiger partial charge in [-0.05, 0) is 53.1 Å². The van der Waals surface area contributed by atoms with Gasteiger partial charge in [0.1, 0.15) is 5.75 Å². The number of benzene rings is 3. The fourth-order valence-corrected chi connectivity index (χ4v) is 4.09. The molecule has 0 saturated carbocycles. The van der Waals surface area contributed by atoms with Gasteiger partial charge in [-0.3, -0.25) is 4.79 Å². The largest absolute Gasteiger partial charge is 0.492 e. The number of rotatable bonds is 5. The number of hydrogen-bond donors (Lipinski definition) is 2. The zero-order valence-corrected chi connectivity index (χ0v) is 17.0. The van der Waals surface area contributed by atoms with E-state index in [0.717, 1.165) is 28.0 Å². The lowest BCUT2D eigenvalue weighted by molar-refractivity contribution is 0.0945. The number of carbonyl (C=O) groups is 1. The SMILES string of the molecule is O=C(NCCO)c1cccc(-c2ccc3c(c2)C(c2ccc(Cl)cc2Cl)CO3)c1. The third-order valence-corrected chi connectivity index (χ3v) is 5.55. The van der Waals surface area contributed by atoms with Gasteiger partial charge in [0, 0.05) is 33.6 Å². The van der Waals surface area contributed by atoms with Gasteiger partial charge in [0.05, 0.1) is 13.2 Å². The highest BCUT2D eigenvalue weighted by Crippen LogP contribution is 2.42. The molecule has 0 aliphatic carbocycles. The lowest BCUT2D eigenvalue weighted by Gasteiger charge is -2.13. The van der Waals surface area contributed by atoms with E-state index in [1.807, 2.05) is 42.5 Å². The van der Waals surface area contributed by atoms with E-state index in [0.29, 0.717) is 22.2 Å². The molecule has 4 rings (SSSR count). The van der Waals surface area contributed by atoms with E-state index in [4.69, 9.17) is 33.0 Å². The molecule has 0 fully saturated rings. The average Bonchev–Trinajstić information content (AvgIpc) is 3.15. The van der Waals surface area contributed by atoms with Crippen molar-refractivity contribution in [1.29, 1.82) is 0 Å². The van der Waals surface area contributed by atoms with E-state index in [2.05, 4.69) is 11.4 Å². The molecule has 1 aliphatic heterocycles. The highest BCUT2D eigenvalue weighted by Gasteiger charge is 2.28. The summed E-state index contributed by atoms with van der Waals surface area (Å²) in [4.78, 5) is 12.2. The van der Waals surface area contributed by atoms with Crippen molar-refractivity contribution >= 4 is 29.1 Å². The molecule has 2 N–H and O–H groups in total. The molecule has 0 aromatic heterocycles. The molecular weight excluding hydrogens is 409 g/mol. The Bertz CT molecular complexity index is 1070. The van der Waals surface area contributed by atoms with Crippen LogP contribution in [0.1, 0.15) is 27.4 Å². The molecule has 1 unspecified atom stereocenters. The number of nitrogens with one attached hydrogen (secondary N) is 1. The Morgan fingerprint density at radius 1 is 1.03 bits per heavy atom. The summed E-state index contributed by atoms with van der Waals surface area (Å²) in [6.45, 7) is 0.650. The van der Waals surface area contributed by atoms with Crippen LogP contribution in [-0.4, -0.2) is 30.8 Å². The molecule has 0 bridgehead atoms. The van der Waals surface area contributed by atoms with Crippen LogP contribution in [0.5, 0.6) is 5.75 Å². The van der Waals surface area contributed by atoms with Crippen LogP contribution in [-0.2, 0) is 0 Å². The first-order valence-corrected chi connectivity index (χ1v) is 10.0. The lowest BCUT2D eigenvalue weighted by Crippen LogP contribution is -2.26. The van der Waals surface area contributed by atoms with Gasteiger partial charge in [-0.25, -0.2) is 0 Å². The molecule has 1 aliphatic rings. The summed E-state index contributed by atoms with van der Waals surface area (Å²) in [5.41, 5.74) is 4.49. The second kappa shape index (κ2) is 8.46. The van der Waals surface area contributed by atoms with Crippen molar-refractivity contribution in [3.8, 4) is 16.9 Å². The minimum atomic E-state index is -0.212. The fraction of sp³-hybridized carbons (Fsp3) is 0.174. The Hall–Kier alpha value is -2.53. The Kier molecular flexibility index (Phi) is 5.76. The minimum Gasteiger partial charge on any atom is -0.492 e. The number of hydrogen-bond acceptors (Lipinski definition) is 3. The highest BCUT2D eigenvalue weighted by atomic mass is 35.5. The number of fused-ring (bicyclic) bond motifs is 1. The van der Waals surface area contributed by atoms with Crippen LogP contribution >= 0.6 is 23.2 Å². The summed E-state index contributed by atoms with van der Waals surface area (Å²) in [5.74, 6) is 0.642. The van der Waals surface area contributed by atoms with Gasteiger partial charge in [-0.2, -0.15) is 0 Å². The van der Waals surface area contributed by atoms with Crippen molar-refractivity contribution in [3.05, 3.63) is 87.4 Å². The van der Waals surface area contributed by atoms with Gasteiger partial charge in [-0.1, -0.05) is 47.5 Å². The Morgan fingerprint density at radius 3 is 2.66 bits per heavy atom. The Balaban J connectivity index is 1.67. The summed E-state index contributed by atoms with van der Waals surface area (Å²) >= 11 is 12.5. The van der Waals surface area contributed by atoms with E-state index < -0.39 is 0 Å². The van der Waals surface area contributed by atoms with E-state index in [-0.39, 0.29) is 25.0 Å². The predicted molar refractivity (Wildman–Crippen MR) is 115 cm³/mol.